The van der Waals surface area contributed by atoms with Crippen LogP contribution < -0.4 is 0 Å². The van der Waals surface area contributed by atoms with Gasteiger partial charge in [-0.1, -0.05) is 78.0 Å². The molecule has 0 aromatic heterocycles. The Morgan fingerprint density at radius 3 is 2.31 bits per heavy atom. The fourth-order valence-corrected chi connectivity index (χ4v) is 6.25. The van der Waals surface area contributed by atoms with E-state index in [4.69, 9.17) is 9.73 Å². The van der Waals surface area contributed by atoms with Gasteiger partial charge in [-0.3, -0.25) is 9.89 Å². The molecule has 0 spiro atoms. The molecular formula is C36H54N2O. The molecule has 214 valence electrons. The first kappa shape index (κ1) is 31.3. The third kappa shape index (κ3) is 7.92. The van der Waals surface area contributed by atoms with E-state index in [1.54, 1.807) is 0 Å². The lowest BCUT2D eigenvalue weighted by atomic mass is 9.80. The molecule has 3 nitrogen and oxygen atoms in total. The number of nitrogens with zero attached hydrogens (tertiary/aromatic N) is 2. The zero-order valence-corrected chi connectivity index (χ0v) is 26.2. The number of hydrogen-bond acceptors (Lipinski definition) is 3. The lowest BCUT2D eigenvalue weighted by Gasteiger charge is -2.41. The largest absolute Gasteiger partial charge is 0.378 e. The summed E-state index contributed by atoms with van der Waals surface area (Å²) < 4.78 is 5.45. The van der Waals surface area contributed by atoms with Crippen molar-refractivity contribution in [2.45, 2.75) is 106 Å². The van der Waals surface area contributed by atoms with Crippen molar-refractivity contribution in [3.05, 3.63) is 76.0 Å². The van der Waals surface area contributed by atoms with Gasteiger partial charge in [0.05, 0.1) is 19.3 Å². The smallest absolute Gasteiger partial charge is 0.0645 e. The lowest BCUT2D eigenvalue weighted by Crippen LogP contribution is -2.51. The lowest BCUT2D eigenvalue weighted by molar-refractivity contribution is -0.0712. The van der Waals surface area contributed by atoms with Crippen LogP contribution in [0.5, 0.6) is 0 Å². The van der Waals surface area contributed by atoms with Crippen molar-refractivity contribution in [3.63, 3.8) is 0 Å². The molecule has 0 bridgehead atoms. The number of allylic oxidation sites excluding steroid dienone is 7. The first-order valence-corrected chi connectivity index (χ1v) is 15.5. The monoisotopic (exact) mass is 530 g/mol. The highest BCUT2D eigenvalue weighted by molar-refractivity contribution is 6.01. The first-order chi connectivity index (χ1) is 18.7. The number of aliphatic imine (C=N–C) groups is 1. The van der Waals surface area contributed by atoms with Crippen LogP contribution in [0.3, 0.4) is 0 Å². The summed E-state index contributed by atoms with van der Waals surface area (Å²) in [6.45, 7) is 26.2. The second-order valence-corrected chi connectivity index (χ2v) is 11.8. The summed E-state index contributed by atoms with van der Waals surface area (Å²) in [6, 6.07) is 7.97. The van der Waals surface area contributed by atoms with Gasteiger partial charge in [0, 0.05) is 11.4 Å². The number of hydrogen-bond donors (Lipinski definition) is 0. The van der Waals surface area contributed by atoms with Gasteiger partial charge < -0.3 is 4.74 Å². The van der Waals surface area contributed by atoms with Gasteiger partial charge in [0.25, 0.3) is 0 Å². The van der Waals surface area contributed by atoms with E-state index >= 15 is 0 Å². The number of benzene rings is 1. The van der Waals surface area contributed by atoms with Gasteiger partial charge in [-0.2, -0.15) is 0 Å². The molecular weight excluding hydrogens is 476 g/mol. The SMILES string of the molecule is C=C(C)N=C(CC)\C(=C/C(=C\C)C(/CCC)=C(/c1cc(C2CCN(C3COC3)CC2)ccc1C)C(C)C)CC. The summed E-state index contributed by atoms with van der Waals surface area (Å²) in [6.07, 6.45) is 11.3. The van der Waals surface area contributed by atoms with Crippen LogP contribution in [0.1, 0.15) is 110 Å². The van der Waals surface area contributed by atoms with Gasteiger partial charge in [0.1, 0.15) is 0 Å². The molecule has 0 atom stereocenters. The predicted octanol–water partition coefficient (Wildman–Crippen LogP) is 9.45. The van der Waals surface area contributed by atoms with E-state index in [0.717, 1.165) is 50.3 Å². The second kappa shape index (κ2) is 15.0. The Morgan fingerprint density at radius 1 is 1.13 bits per heavy atom. The van der Waals surface area contributed by atoms with Crippen LogP contribution in [0, 0.1) is 12.8 Å². The van der Waals surface area contributed by atoms with Crippen LogP contribution in [0.25, 0.3) is 5.57 Å². The van der Waals surface area contributed by atoms with E-state index in [1.807, 2.05) is 6.92 Å². The molecule has 3 heteroatoms. The standard InChI is InChI=1S/C36H54N2O/c1-10-14-33(28(11-2)21-29(12-3)35(13-4)37-26(7)8)36(25(5)6)34-22-31(16-15-27(34)9)30-17-19-38(20-18-30)32-23-39-24-32/h11,15-16,21-22,25,30,32H,7,10,12-14,17-20,23-24H2,1-6,8-9H3/b28-11+,29-21-,36-33+,37-35?. The van der Waals surface area contributed by atoms with Gasteiger partial charge in [0.15, 0.2) is 0 Å². The van der Waals surface area contributed by atoms with Crippen LogP contribution >= 0.6 is 0 Å². The van der Waals surface area contributed by atoms with E-state index in [9.17, 15) is 0 Å². The van der Waals surface area contributed by atoms with Gasteiger partial charge in [0.2, 0.25) is 0 Å². The second-order valence-electron chi connectivity index (χ2n) is 11.8. The quantitative estimate of drug-likeness (QED) is 0.199. The summed E-state index contributed by atoms with van der Waals surface area (Å²) in [5.74, 6) is 1.08. The van der Waals surface area contributed by atoms with Crippen LogP contribution in [0.15, 0.2) is 64.3 Å². The third-order valence-corrected chi connectivity index (χ3v) is 8.49. The molecule has 2 aliphatic heterocycles. The Bertz CT molecular complexity index is 1100. The summed E-state index contributed by atoms with van der Waals surface area (Å²) in [5.41, 5.74) is 12.0. The molecule has 2 aliphatic rings. The molecule has 2 saturated heterocycles. The molecule has 0 amide bonds. The third-order valence-electron chi connectivity index (χ3n) is 8.49. The number of piperidine rings is 1. The number of ether oxygens (including phenoxy) is 1. The van der Waals surface area contributed by atoms with Crippen LogP contribution in [-0.2, 0) is 4.74 Å². The van der Waals surface area contributed by atoms with Gasteiger partial charge >= 0.3 is 0 Å². The maximum atomic E-state index is 5.45. The normalized spacial score (nSPS) is 19.4. The van der Waals surface area contributed by atoms with Crippen molar-refractivity contribution in [2.75, 3.05) is 26.3 Å². The Kier molecular flexibility index (Phi) is 12.0. The Balaban J connectivity index is 2.05. The van der Waals surface area contributed by atoms with E-state index in [1.165, 1.54) is 64.9 Å². The fourth-order valence-electron chi connectivity index (χ4n) is 6.25. The highest BCUT2D eigenvalue weighted by Crippen LogP contribution is 2.38. The minimum absolute atomic E-state index is 0.434. The van der Waals surface area contributed by atoms with Crippen molar-refractivity contribution >= 4 is 11.3 Å². The van der Waals surface area contributed by atoms with Crippen LogP contribution in [-0.4, -0.2) is 43.0 Å². The molecule has 2 heterocycles. The van der Waals surface area contributed by atoms with Crippen molar-refractivity contribution < 1.29 is 4.74 Å². The zero-order chi connectivity index (χ0) is 28.5. The number of aryl methyl sites for hydroxylation is 1. The molecule has 39 heavy (non-hydrogen) atoms. The Labute approximate surface area is 239 Å². The summed E-state index contributed by atoms with van der Waals surface area (Å²) in [7, 11) is 0. The summed E-state index contributed by atoms with van der Waals surface area (Å²) >= 11 is 0. The molecule has 1 aromatic carbocycles. The maximum Gasteiger partial charge on any atom is 0.0645 e. The molecule has 0 aliphatic carbocycles. The minimum Gasteiger partial charge on any atom is -0.378 e. The van der Waals surface area contributed by atoms with E-state index < -0.39 is 0 Å². The van der Waals surface area contributed by atoms with E-state index in [-0.39, 0.29) is 0 Å². The van der Waals surface area contributed by atoms with Crippen molar-refractivity contribution in [1.29, 1.82) is 0 Å². The topological polar surface area (TPSA) is 24.8 Å². The van der Waals surface area contributed by atoms with Crippen LogP contribution in [0.4, 0.5) is 0 Å². The number of likely N-dealkylation sites (tertiary alicyclic amines) is 1. The molecule has 0 unspecified atom stereocenters. The molecule has 0 radical (unpaired) electrons. The molecule has 1 aromatic rings. The maximum absolute atomic E-state index is 5.45. The van der Waals surface area contributed by atoms with Gasteiger partial charge in [-0.15, -0.1) is 0 Å². The molecule has 0 saturated carbocycles. The fraction of sp³-hybridized carbons (Fsp3) is 0.583. The minimum atomic E-state index is 0.434. The van der Waals surface area contributed by atoms with Gasteiger partial charge in [-0.05, 0) is 117 Å². The zero-order valence-electron chi connectivity index (χ0n) is 26.2. The Morgan fingerprint density at radius 2 is 1.82 bits per heavy atom. The van der Waals surface area contributed by atoms with E-state index in [0.29, 0.717) is 17.9 Å². The molecule has 2 fully saturated rings. The Hall–Kier alpha value is -2.23. The van der Waals surface area contributed by atoms with Crippen LogP contribution in [0.2, 0.25) is 0 Å². The first-order valence-electron chi connectivity index (χ1n) is 15.5. The van der Waals surface area contributed by atoms with Crippen molar-refractivity contribution in [3.8, 4) is 0 Å². The predicted molar refractivity (Wildman–Crippen MR) is 171 cm³/mol. The molecule has 0 N–H and O–H groups in total. The van der Waals surface area contributed by atoms with E-state index in [2.05, 4.69) is 90.3 Å². The van der Waals surface area contributed by atoms with Gasteiger partial charge in [-0.25, -0.2) is 0 Å². The molecule has 3 rings (SSSR count). The highest BCUT2D eigenvalue weighted by atomic mass is 16.5. The average Bonchev–Trinajstić information content (AvgIpc) is 2.88. The highest BCUT2D eigenvalue weighted by Gasteiger charge is 2.30. The number of rotatable bonds is 12. The summed E-state index contributed by atoms with van der Waals surface area (Å²) in [4.78, 5) is 7.44. The van der Waals surface area contributed by atoms with Crippen molar-refractivity contribution in [2.24, 2.45) is 10.9 Å². The average molecular weight is 531 g/mol. The van der Waals surface area contributed by atoms with Crippen molar-refractivity contribution in [1.82, 2.24) is 4.90 Å². The summed E-state index contributed by atoms with van der Waals surface area (Å²) in [5, 5.41) is 0.